The van der Waals surface area contributed by atoms with Crippen LogP contribution >= 0.6 is 0 Å². The van der Waals surface area contributed by atoms with Gasteiger partial charge in [-0.2, -0.15) is 0 Å². The highest BCUT2D eigenvalue weighted by atomic mass is 16.6. The number of carbonyl (C=O) groups is 3. The maximum atomic E-state index is 13.0. The minimum Gasteiger partial charge on any atom is -0.489 e. The van der Waals surface area contributed by atoms with E-state index in [9.17, 15) is 14.4 Å². The van der Waals surface area contributed by atoms with Gasteiger partial charge in [-0.1, -0.05) is 72.8 Å². The van der Waals surface area contributed by atoms with Gasteiger partial charge in [-0.05, 0) is 56.0 Å². The summed E-state index contributed by atoms with van der Waals surface area (Å²) in [5.41, 5.74) is 1.95. The summed E-state index contributed by atoms with van der Waals surface area (Å²) in [6, 6.07) is 25.3. The molecule has 37 heavy (non-hydrogen) atoms. The zero-order valence-corrected chi connectivity index (χ0v) is 21.4. The number of nitrogens with one attached hydrogen (secondary N) is 1. The normalized spacial score (nSPS) is 11.8. The summed E-state index contributed by atoms with van der Waals surface area (Å²) < 4.78 is 16.4. The third kappa shape index (κ3) is 10.2. The van der Waals surface area contributed by atoms with Crippen LogP contribution < -0.4 is 10.1 Å². The molecule has 3 aromatic rings. The van der Waals surface area contributed by atoms with E-state index < -0.39 is 35.9 Å². The minimum absolute atomic E-state index is 0.0626. The molecule has 1 atom stereocenters. The highest BCUT2D eigenvalue weighted by Crippen LogP contribution is 2.17. The van der Waals surface area contributed by atoms with E-state index in [1.165, 1.54) is 0 Å². The lowest BCUT2D eigenvalue weighted by atomic mass is 10.0. The van der Waals surface area contributed by atoms with E-state index in [0.29, 0.717) is 12.4 Å². The van der Waals surface area contributed by atoms with Crippen molar-refractivity contribution in [3.63, 3.8) is 0 Å². The highest BCUT2D eigenvalue weighted by molar-refractivity contribution is 5.99. The number of hydrogen-bond donors (Lipinski definition) is 1. The maximum absolute atomic E-state index is 13.0. The van der Waals surface area contributed by atoms with Crippen LogP contribution in [0.5, 0.6) is 5.75 Å². The first-order chi connectivity index (χ1) is 17.7. The summed E-state index contributed by atoms with van der Waals surface area (Å²) in [4.78, 5) is 37.7. The van der Waals surface area contributed by atoms with Crippen molar-refractivity contribution in [3.8, 4) is 5.75 Å². The highest BCUT2D eigenvalue weighted by Gasteiger charge is 2.26. The van der Waals surface area contributed by atoms with Crippen LogP contribution in [0.3, 0.4) is 0 Å². The van der Waals surface area contributed by atoms with Crippen molar-refractivity contribution in [2.75, 3.05) is 0 Å². The smallest absolute Gasteiger partial charge is 0.408 e. The first-order valence-electron chi connectivity index (χ1n) is 12.2. The van der Waals surface area contributed by atoms with E-state index in [0.717, 1.165) is 16.7 Å². The van der Waals surface area contributed by atoms with E-state index >= 15 is 0 Å². The van der Waals surface area contributed by atoms with E-state index in [4.69, 9.17) is 14.2 Å². The molecular weight excluding hydrogens is 470 g/mol. The lowest BCUT2D eigenvalue weighted by Gasteiger charge is -2.21. The molecule has 0 saturated heterocycles. The Balaban J connectivity index is 1.63. The number of esters is 1. The average Bonchev–Trinajstić information content (AvgIpc) is 2.86. The third-order valence-electron chi connectivity index (χ3n) is 5.24. The van der Waals surface area contributed by atoms with Gasteiger partial charge in [0.1, 0.15) is 31.0 Å². The molecule has 0 aliphatic heterocycles. The second-order valence-corrected chi connectivity index (χ2v) is 9.61. The SMILES string of the molecule is CC(C)(C)OC(=O)CC(=O)[C@H](Cc1ccc(OCc2ccccc2)cc1)NC(=O)OCc1ccccc1. The molecule has 7 heteroatoms. The van der Waals surface area contributed by atoms with E-state index in [1.54, 1.807) is 32.9 Å². The van der Waals surface area contributed by atoms with Gasteiger partial charge < -0.3 is 19.5 Å². The molecule has 3 rings (SSSR count). The molecular formula is C30H33NO6. The van der Waals surface area contributed by atoms with Gasteiger partial charge in [0.2, 0.25) is 0 Å². The van der Waals surface area contributed by atoms with Gasteiger partial charge in [-0.3, -0.25) is 9.59 Å². The van der Waals surface area contributed by atoms with Crippen LogP contribution in [-0.4, -0.2) is 29.5 Å². The van der Waals surface area contributed by atoms with Crippen LogP contribution in [0.25, 0.3) is 0 Å². The van der Waals surface area contributed by atoms with Crippen LogP contribution in [0.15, 0.2) is 84.9 Å². The second kappa shape index (κ2) is 13.3. The summed E-state index contributed by atoms with van der Waals surface area (Å²) in [6.07, 6.45) is -1.02. The zero-order valence-electron chi connectivity index (χ0n) is 21.4. The number of alkyl carbamates (subject to hydrolysis) is 1. The van der Waals surface area contributed by atoms with Gasteiger partial charge in [-0.15, -0.1) is 0 Å². The summed E-state index contributed by atoms with van der Waals surface area (Å²) in [5, 5.41) is 2.62. The lowest BCUT2D eigenvalue weighted by molar-refractivity contribution is -0.156. The Morgan fingerprint density at radius 2 is 1.32 bits per heavy atom. The largest absolute Gasteiger partial charge is 0.489 e. The summed E-state index contributed by atoms with van der Waals surface area (Å²) in [7, 11) is 0. The van der Waals surface area contributed by atoms with Gasteiger partial charge in [0.15, 0.2) is 5.78 Å². The van der Waals surface area contributed by atoms with Crippen molar-refractivity contribution < 1.29 is 28.6 Å². The molecule has 0 spiro atoms. The van der Waals surface area contributed by atoms with Crippen molar-refractivity contribution >= 4 is 17.8 Å². The van der Waals surface area contributed by atoms with E-state index in [-0.39, 0.29) is 13.0 Å². The molecule has 0 bridgehead atoms. The number of amides is 1. The van der Waals surface area contributed by atoms with Crippen LogP contribution in [-0.2, 0) is 38.7 Å². The Bertz CT molecular complexity index is 1150. The molecule has 0 radical (unpaired) electrons. The molecule has 0 aromatic heterocycles. The molecule has 1 N–H and O–H groups in total. The predicted octanol–water partition coefficient (Wildman–Crippen LogP) is 5.40. The number of rotatable bonds is 11. The van der Waals surface area contributed by atoms with Crippen LogP contribution in [0.4, 0.5) is 4.79 Å². The molecule has 1 amide bonds. The fraction of sp³-hybridized carbons (Fsp3) is 0.300. The minimum atomic E-state index is -0.966. The first-order valence-corrected chi connectivity index (χ1v) is 12.2. The maximum Gasteiger partial charge on any atom is 0.408 e. The van der Waals surface area contributed by atoms with Crippen molar-refractivity contribution in [1.82, 2.24) is 5.32 Å². The predicted molar refractivity (Wildman–Crippen MR) is 140 cm³/mol. The van der Waals surface area contributed by atoms with E-state index in [1.807, 2.05) is 72.8 Å². The van der Waals surface area contributed by atoms with Crippen LogP contribution in [0, 0.1) is 0 Å². The number of ether oxygens (including phenoxy) is 3. The number of ketones is 1. The molecule has 7 nitrogen and oxygen atoms in total. The summed E-state index contributed by atoms with van der Waals surface area (Å²) >= 11 is 0. The lowest BCUT2D eigenvalue weighted by Crippen LogP contribution is -2.43. The molecule has 0 aliphatic rings. The topological polar surface area (TPSA) is 90.9 Å². The van der Waals surface area contributed by atoms with Gasteiger partial charge in [0, 0.05) is 0 Å². The fourth-order valence-electron chi connectivity index (χ4n) is 3.49. The Labute approximate surface area is 217 Å². The number of carbonyl (C=O) groups excluding carboxylic acids is 3. The Hall–Kier alpha value is -4.13. The van der Waals surface area contributed by atoms with E-state index in [2.05, 4.69) is 5.32 Å². The molecule has 0 fully saturated rings. The van der Waals surface area contributed by atoms with Crippen molar-refractivity contribution in [3.05, 3.63) is 102 Å². The van der Waals surface area contributed by atoms with Gasteiger partial charge >= 0.3 is 12.1 Å². The van der Waals surface area contributed by atoms with Gasteiger partial charge in [0.05, 0.1) is 6.04 Å². The summed E-state index contributed by atoms with van der Waals surface area (Å²) in [5.74, 6) is -0.429. The molecule has 0 heterocycles. The van der Waals surface area contributed by atoms with Crippen molar-refractivity contribution in [2.45, 2.75) is 58.5 Å². The van der Waals surface area contributed by atoms with Gasteiger partial charge in [-0.25, -0.2) is 4.79 Å². The fourth-order valence-corrected chi connectivity index (χ4v) is 3.49. The third-order valence-corrected chi connectivity index (χ3v) is 5.24. The molecule has 0 saturated carbocycles. The molecule has 0 unspecified atom stereocenters. The Morgan fingerprint density at radius 3 is 1.89 bits per heavy atom. The molecule has 0 aliphatic carbocycles. The average molecular weight is 504 g/mol. The number of hydrogen-bond acceptors (Lipinski definition) is 6. The molecule has 3 aromatic carbocycles. The number of benzene rings is 3. The second-order valence-electron chi connectivity index (χ2n) is 9.61. The van der Waals surface area contributed by atoms with Crippen LogP contribution in [0.1, 0.15) is 43.9 Å². The zero-order chi connectivity index (χ0) is 26.7. The monoisotopic (exact) mass is 503 g/mol. The van der Waals surface area contributed by atoms with Crippen LogP contribution in [0.2, 0.25) is 0 Å². The first kappa shape index (κ1) is 27.5. The van der Waals surface area contributed by atoms with Crippen molar-refractivity contribution in [1.29, 1.82) is 0 Å². The number of Topliss-reactive ketones (excluding diaryl/α,β-unsaturated/α-hetero) is 1. The Morgan fingerprint density at radius 1 is 0.757 bits per heavy atom. The quantitative estimate of drug-likeness (QED) is 0.278. The standard InChI is InChI=1S/C30H33NO6/c1-30(2,3)37-28(33)19-27(32)26(31-29(34)36-21-24-12-8-5-9-13-24)18-22-14-16-25(17-15-22)35-20-23-10-6-4-7-11-23/h4-17,26H,18-21H2,1-3H3,(H,31,34)/t26-/m0/s1. The Kier molecular flexibility index (Phi) is 9.84. The van der Waals surface area contributed by atoms with Crippen molar-refractivity contribution in [2.24, 2.45) is 0 Å². The van der Waals surface area contributed by atoms with Gasteiger partial charge in [0.25, 0.3) is 0 Å². The summed E-state index contributed by atoms with van der Waals surface area (Å²) in [6.45, 7) is 5.69. The molecule has 194 valence electrons.